The fraction of sp³-hybridized carbons (Fsp3) is 0.400. The van der Waals surface area contributed by atoms with E-state index in [0.29, 0.717) is 11.0 Å². The minimum Gasteiger partial charge on any atom is -0.296 e. The van der Waals surface area contributed by atoms with Gasteiger partial charge in [0.25, 0.3) is 5.91 Å². The van der Waals surface area contributed by atoms with E-state index >= 15 is 0 Å². The lowest BCUT2D eigenvalue weighted by Gasteiger charge is -2.18. The molecule has 0 saturated heterocycles. The lowest BCUT2D eigenvalue weighted by Crippen LogP contribution is -2.11. The van der Waals surface area contributed by atoms with Gasteiger partial charge in [-0.15, -0.1) is 10.2 Å². The van der Waals surface area contributed by atoms with Crippen LogP contribution in [0.15, 0.2) is 24.3 Å². The maximum absolute atomic E-state index is 13.1. The van der Waals surface area contributed by atoms with Crippen LogP contribution >= 0.6 is 11.3 Å². The highest BCUT2D eigenvalue weighted by Gasteiger charge is 2.20. The van der Waals surface area contributed by atoms with Crippen LogP contribution in [0, 0.1) is 5.82 Å². The summed E-state index contributed by atoms with van der Waals surface area (Å²) in [5.41, 5.74) is 0.282. The summed E-state index contributed by atoms with van der Waals surface area (Å²) in [6.07, 6.45) is 6.04. The van der Waals surface area contributed by atoms with Gasteiger partial charge >= 0.3 is 0 Å². The SMILES string of the molecule is O=C(Nc1nnc(C2CCCCC2)s1)c1cccc(F)c1. The second kappa shape index (κ2) is 6.30. The molecule has 1 saturated carbocycles. The molecule has 1 aliphatic carbocycles. The fourth-order valence-electron chi connectivity index (χ4n) is 2.60. The van der Waals surface area contributed by atoms with Crippen LogP contribution in [0.4, 0.5) is 9.52 Å². The van der Waals surface area contributed by atoms with Gasteiger partial charge in [-0.05, 0) is 31.0 Å². The van der Waals surface area contributed by atoms with Gasteiger partial charge in [-0.2, -0.15) is 0 Å². The molecule has 4 nitrogen and oxygen atoms in total. The minimum atomic E-state index is -0.428. The van der Waals surface area contributed by atoms with Gasteiger partial charge in [-0.3, -0.25) is 10.1 Å². The molecule has 3 rings (SSSR count). The van der Waals surface area contributed by atoms with Crippen molar-refractivity contribution in [3.05, 3.63) is 40.7 Å². The third-order valence-electron chi connectivity index (χ3n) is 3.70. The van der Waals surface area contributed by atoms with Crippen molar-refractivity contribution in [3.63, 3.8) is 0 Å². The van der Waals surface area contributed by atoms with Crippen molar-refractivity contribution in [3.8, 4) is 0 Å². The number of carbonyl (C=O) groups excluding carboxylic acids is 1. The number of nitrogens with zero attached hydrogens (tertiary/aromatic N) is 2. The second-order valence-corrected chi connectivity index (χ2v) is 6.25. The van der Waals surface area contributed by atoms with Gasteiger partial charge < -0.3 is 0 Å². The number of halogens is 1. The highest BCUT2D eigenvalue weighted by molar-refractivity contribution is 7.15. The van der Waals surface area contributed by atoms with Crippen LogP contribution in [0.5, 0.6) is 0 Å². The first kappa shape index (κ1) is 14.1. The molecule has 0 unspecified atom stereocenters. The Balaban J connectivity index is 1.68. The summed E-state index contributed by atoms with van der Waals surface area (Å²) in [4.78, 5) is 12.0. The molecular weight excluding hydrogens is 289 g/mol. The Morgan fingerprint density at radius 3 is 2.81 bits per heavy atom. The number of benzene rings is 1. The van der Waals surface area contributed by atoms with Crippen molar-refractivity contribution in [2.24, 2.45) is 0 Å². The Morgan fingerprint density at radius 1 is 1.24 bits per heavy atom. The van der Waals surface area contributed by atoms with Gasteiger partial charge in [0.2, 0.25) is 5.13 Å². The van der Waals surface area contributed by atoms with Crippen molar-refractivity contribution >= 4 is 22.4 Å². The summed E-state index contributed by atoms with van der Waals surface area (Å²) in [5, 5.41) is 12.4. The highest BCUT2D eigenvalue weighted by atomic mass is 32.1. The molecule has 1 fully saturated rings. The standard InChI is InChI=1S/C15H16FN3OS/c16-12-8-4-7-11(9-12)13(20)17-15-19-18-14(21-15)10-5-2-1-3-6-10/h4,7-10H,1-3,5-6H2,(H,17,19,20). The van der Waals surface area contributed by atoms with Crippen molar-refractivity contribution in [2.75, 3.05) is 5.32 Å². The van der Waals surface area contributed by atoms with E-state index in [9.17, 15) is 9.18 Å². The summed E-state index contributed by atoms with van der Waals surface area (Å²) in [6.45, 7) is 0. The van der Waals surface area contributed by atoms with Crippen molar-refractivity contribution in [2.45, 2.75) is 38.0 Å². The third kappa shape index (κ3) is 3.44. The summed E-state index contributed by atoms with van der Waals surface area (Å²) in [7, 11) is 0. The zero-order valence-corrected chi connectivity index (χ0v) is 12.3. The predicted octanol–water partition coefficient (Wildman–Crippen LogP) is 3.98. The lowest BCUT2D eigenvalue weighted by molar-refractivity contribution is 0.102. The topological polar surface area (TPSA) is 54.9 Å². The largest absolute Gasteiger partial charge is 0.296 e. The molecule has 1 heterocycles. The van der Waals surface area contributed by atoms with Crippen LogP contribution in [0.1, 0.15) is 53.4 Å². The van der Waals surface area contributed by atoms with E-state index in [1.807, 2.05) is 0 Å². The van der Waals surface area contributed by atoms with Gasteiger partial charge in [-0.25, -0.2) is 4.39 Å². The number of carbonyl (C=O) groups is 1. The summed E-state index contributed by atoms with van der Waals surface area (Å²) in [6, 6.07) is 5.60. The van der Waals surface area contributed by atoms with Crippen LogP contribution in [-0.2, 0) is 0 Å². The molecule has 1 amide bonds. The number of aromatic nitrogens is 2. The summed E-state index contributed by atoms with van der Waals surface area (Å²) < 4.78 is 13.1. The summed E-state index contributed by atoms with van der Waals surface area (Å²) in [5.74, 6) is -0.320. The van der Waals surface area contributed by atoms with Crippen molar-refractivity contribution in [1.29, 1.82) is 0 Å². The first-order valence-corrected chi connectivity index (χ1v) is 7.94. The molecule has 1 aliphatic rings. The Hall–Kier alpha value is -1.82. The van der Waals surface area contributed by atoms with Gasteiger partial charge in [-0.1, -0.05) is 36.7 Å². The fourth-order valence-corrected chi connectivity index (χ4v) is 3.51. The molecule has 21 heavy (non-hydrogen) atoms. The number of rotatable bonds is 3. The molecule has 1 aromatic carbocycles. The van der Waals surface area contributed by atoms with Gasteiger partial charge in [0.15, 0.2) is 0 Å². The average molecular weight is 305 g/mol. The monoisotopic (exact) mass is 305 g/mol. The van der Waals surface area contributed by atoms with Gasteiger partial charge in [0, 0.05) is 11.5 Å². The molecule has 6 heteroatoms. The molecule has 0 atom stereocenters. The first-order chi connectivity index (χ1) is 10.2. The van der Waals surface area contributed by atoms with Crippen LogP contribution in [0.2, 0.25) is 0 Å². The normalized spacial score (nSPS) is 15.9. The Morgan fingerprint density at radius 2 is 2.05 bits per heavy atom. The van der Waals surface area contributed by atoms with E-state index in [4.69, 9.17) is 0 Å². The van der Waals surface area contributed by atoms with Crippen LogP contribution < -0.4 is 5.32 Å². The number of anilines is 1. The van der Waals surface area contributed by atoms with E-state index < -0.39 is 5.82 Å². The Bertz CT molecular complexity index is 637. The zero-order chi connectivity index (χ0) is 14.7. The molecule has 0 spiro atoms. The van der Waals surface area contributed by atoms with Crippen LogP contribution in [-0.4, -0.2) is 16.1 Å². The van der Waals surface area contributed by atoms with E-state index in [0.717, 1.165) is 17.8 Å². The van der Waals surface area contributed by atoms with Gasteiger partial charge in [0.1, 0.15) is 10.8 Å². The van der Waals surface area contributed by atoms with E-state index in [1.54, 1.807) is 6.07 Å². The zero-order valence-electron chi connectivity index (χ0n) is 11.5. The lowest BCUT2D eigenvalue weighted by atomic mass is 9.90. The molecule has 0 aliphatic heterocycles. The quantitative estimate of drug-likeness (QED) is 0.933. The predicted molar refractivity (Wildman–Crippen MR) is 80.1 cm³/mol. The molecular formula is C15H16FN3OS. The maximum Gasteiger partial charge on any atom is 0.257 e. The number of amides is 1. The molecule has 1 aromatic heterocycles. The smallest absolute Gasteiger partial charge is 0.257 e. The molecule has 2 aromatic rings. The number of hydrogen-bond donors (Lipinski definition) is 1. The van der Waals surface area contributed by atoms with Crippen LogP contribution in [0.3, 0.4) is 0 Å². The Labute approximate surface area is 126 Å². The van der Waals surface area contributed by atoms with E-state index in [1.165, 1.54) is 48.8 Å². The first-order valence-electron chi connectivity index (χ1n) is 7.13. The van der Waals surface area contributed by atoms with Crippen molar-refractivity contribution < 1.29 is 9.18 Å². The average Bonchev–Trinajstić information content (AvgIpc) is 2.97. The highest BCUT2D eigenvalue weighted by Crippen LogP contribution is 2.35. The number of nitrogens with one attached hydrogen (secondary N) is 1. The van der Waals surface area contributed by atoms with Crippen molar-refractivity contribution in [1.82, 2.24) is 10.2 Å². The molecule has 0 bridgehead atoms. The third-order valence-corrected chi connectivity index (χ3v) is 4.70. The molecule has 110 valence electrons. The Kier molecular flexibility index (Phi) is 4.24. The summed E-state index contributed by atoms with van der Waals surface area (Å²) >= 11 is 1.42. The van der Waals surface area contributed by atoms with Crippen LogP contribution in [0.25, 0.3) is 0 Å². The van der Waals surface area contributed by atoms with Gasteiger partial charge in [0.05, 0.1) is 0 Å². The minimum absolute atomic E-state index is 0.282. The maximum atomic E-state index is 13.1. The molecule has 1 N–H and O–H groups in total. The van der Waals surface area contributed by atoms with E-state index in [2.05, 4.69) is 15.5 Å². The van der Waals surface area contributed by atoms with E-state index in [-0.39, 0.29) is 11.5 Å². The number of hydrogen-bond acceptors (Lipinski definition) is 4. The second-order valence-electron chi connectivity index (χ2n) is 5.24. The molecule has 0 radical (unpaired) electrons.